The first kappa shape index (κ1) is 26.9. The van der Waals surface area contributed by atoms with Crippen molar-refractivity contribution < 1.29 is 37.1 Å². The molecule has 0 bridgehead atoms. The molecule has 4 rings (SSSR count). The third-order valence-electron chi connectivity index (χ3n) is 5.67. The van der Waals surface area contributed by atoms with Crippen LogP contribution in [0.2, 0.25) is 5.02 Å². The number of hydrogen-bond donors (Lipinski definition) is 2. The Labute approximate surface area is 210 Å². The fourth-order valence-electron chi connectivity index (χ4n) is 3.94. The first-order valence-corrected chi connectivity index (χ1v) is 13.3. The maximum absolute atomic E-state index is 13.8. The number of halogens is 2. The molecule has 0 spiro atoms. The molecule has 2 unspecified atom stereocenters. The van der Waals surface area contributed by atoms with Crippen LogP contribution in [0, 0.1) is 5.82 Å². The predicted molar refractivity (Wildman–Crippen MR) is 126 cm³/mol. The van der Waals surface area contributed by atoms with E-state index in [1.807, 2.05) is 11.9 Å². The van der Waals surface area contributed by atoms with E-state index in [-0.39, 0.29) is 26.1 Å². The van der Waals surface area contributed by atoms with Gasteiger partial charge in [0.15, 0.2) is 0 Å². The predicted octanol–water partition coefficient (Wildman–Crippen LogP) is 3.19. The topological polar surface area (TPSA) is 138 Å². The van der Waals surface area contributed by atoms with E-state index in [4.69, 9.17) is 34.6 Å². The minimum absolute atomic E-state index is 0.0153. The summed E-state index contributed by atoms with van der Waals surface area (Å²) in [5, 5.41) is 0.515. The lowest BCUT2D eigenvalue weighted by Gasteiger charge is -2.27. The minimum Gasteiger partial charge on any atom is -0.459 e. The summed E-state index contributed by atoms with van der Waals surface area (Å²) in [7, 11) is -3.78. The highest BCUT2D eigenvalue weighted by molar-refractivity contribution is 7.55. The van der Waals surface area contributed by atoms with Gasteiger partial charge in [-0.3, -0.25) is 19.1 Å². The van der Waals surface area contributed by atoms with E-state index in [9.17, 15) is 23.7 Å². The number of rotatable bonds is 8. The van der Waals surface area contributed by atoms with Gasteiger partial charge < -0.3 is 9.47 Å². The lowest BCUT2D eigenvalue weighted by atomic mass is 10.1. The van der Waals surface area contributed by atoms with Gasteiger partial charge >= 0.3 is 19.8 Å². The van der Waals surface area contributed by atoms with Crippen molar-refractivity contribution in [3.05, 3.63) is 67.7 Å². The van der Waals surface area contributed by atoms with Crippen molar-refractivity contribution >= 4 is 25.7 Å². The number of nitrogens with one attached hydrogen (secondary N) is 1. The van der Waals surface area contributed by atoms with Crippen molar-refractivity contribution in [2.24, 2.45) is 0 Å². The lowest BCUT2D eigenvalue weighted by molar-refractivity contribution is -0.153. The van der Waals surface area contributed by atoms with Crippen molar-refractivity contribution in [2.75, 3.05) is 13.2 Å². The highest BCUT2D eigenvalue weighted by Crippen LogP contribution is 2.64. The molecule has 2 aliphatic heterocycles. The van der Waals surface area contributed by atoms with Gasteiger partial charge in [0.2, 0.25) is 5.82 Å². The molecule has 3 heterocycles. The van der Waals surface area contributed by atoms with Gasteiger partial charge in [-0.1, -0.05) is 30.7 Å². The van der Waals surface area contributed by atoms with E-state index in [1.165, 1.54) is 0 Å². The molecule has 2 saturated heterocycles. The Morgan fingerprint density at radius 2 is 2.19 bits per heavy atom. The van der Waals surface area contributed by atoms with Gasteiger partial charge in [-0.15, -0.1) is 4.52 Å². The van der Waals surface area contributed by atoms with Gasteiger partial charge in [0, 0.05) is 24.3 Å². The number of H-pyrrole nitrogens is 1. The second-order valence-electron chi connectivity index (χ2n) is 8.32. The summed E-state index contributed by atoms with van der Waals surface area (Å²) in [6.07, 6.45) is -1.51. The van der Waals surface area contributed by atoms with Crippen LogP contribution in [0.1, 0.15) is 50.5 Å². The Hall–Kier alpha value is -2.18. The zero-order valence-electron chi connectivity index (χ0n) is 19.3. The smallest absolute Gasteiger partial charge is 0.459 e. The Morgan fingerprint density at radius 3 is 2.94 bits per heavy atom. The van der Waals surface area contributed by atoms with Gasteiger partial charge in [0.1, 0.15) is 37.8 Å². The Bertz CT molecular complexity index is 1210. The van der Waals surface area contributed by atoms with Crippen molar-refractivity contribution in [2.45, 2.75) is 57.1 Å². The van der Waals surface area contributed by atoms with Gasteiger partial charge in [0.05, 0.1) is 6.20 Å². The van der Waals surface area contributed by atoms with Crippen molar-refractivity contribution in [3.8, 4) is 0 Å². The van der Waals surface area contributed by atoms with Crippen molar-refractivity contribution in [1.82, 2.24) is 9.55 Å². The fraction of sp³-hybridized carbons (Fsp3) is 0.500. The molecule has 14 heteroatoms. The lowest BCUT2D eigenvalue weighted by Crippen LogP contribution is -2.34. The number of ether oxygens (including phenoxy) is 2. The molecule has 36 heavy (non-hydrogen) atoms. The number of carbonyl (C=O) groups is 1. The second kappa shape index (κ2) is 11.5. The minimum atomic E-state index is -3.78. The van der Waals surface area contributed by atoms with Crippen LogP contribution in [-0.2, 0) is 27.8 Å². The van der Waals surface area contributed by atoms with Gasteiger partial charge in [0.25, 0.3) is 5.56 Å². The number of nitrogens with zero attached hydrogens (tertiary/aromatic N) is 1. The van der Waals surface area contributed by atoms with E-state index >= 15 is 0 Å². The van der Waals surface area contributed by atoms with Crippen molar-refractivity contribution in [3.63, 3.8) is 0 Å². The normalized spacial score (nSPS) is 28.2. The summed E-state index contributed by atoms with van der Waals surface area (Å²) in [6, 6.07) is 7.01. The van der Waals surface area contributed by atoms with E-state index in [2.05, 4.69) is 0 Å². The zero-order valence-corrected chi connectivity index (χ0v) is 21.0. The Morgan fingerprint density at radius 1 is 1.39 bits per heavy atom. The van der Waals surface area contributed by atoms with Crippen LogP contribution in [0.4, 0.5) is 4.39 Å². The highest BCUT2D eigenvalue weighted by Gasteiger charge is 2.53. The first-order valence-electron chi connectivity index (χ1n) is 11.4. The first-order chi connectivity index (χ1) is 17.2. The average Bonchev–Trinajstić information content (AvgIpc) is 3.22. The standard InChI is InChI=1S/C22H25ClFN2O9P/c1-2-4-20(27)34-17-10-19(26-11-15(24)21(28)25-22(26)29)33-18(17)12-32-36(30)31-8-7-16(35-36)13-5-3-6-14(23)9-13/h3,5-6,9,11,16-19,30H,2,4,7-8,10,12H2,1H3/p+1/t16?,17-,18+,19+,36?/m0/s1. The number of aromatic nitrogens is 2. The van der Waals surface area contributed by atoms with Crippen LogP contribution in [-0.4, -0.2) is 45.8 Å². The SMILES string of the molecule is CCCC(=O)O[C@H]1C[C@H](n2cc(F)c(=O)[nH]c2=O)O[C@@H]1CO[P+]1(O)OCCC(c2cccc(Cl)c2)O1. The van der Waals surface area contributed by atoms with Crippen molar-refractivity contribution in [1.29, 1.82) is 0 Å². The third-order valence-corrected chi connectivity index (χ3v) is 7.41. The monoisotopic (exact) mass is 547 g/mol. The van der Waals surface area contributed by atoms with E-state index in [1.54, 1.807) is 24.3 Å². The molecule has 1 aromatic heterocycles. The molecular weight excluding hydrogens is 522 g/mol. The van der Waals surface area contributed by atoms with Crippen LogP contribution in [0.25, 0.3) is 0 Å². The van der Waals surface area contributed by atoms with E-state index in [0.29, 0.717) is 17.9 Å². The number of benzene rings is 1. The zero-order chi connectivity index (χ0) is 25.9. The van der Waals surface area contributed by atoms with Crippen LogP contribution < -0.4 is 11.2 Å². The van der Waals surface area contributed by atoms with Crippen LogP contribution >= 0.6 is 19.8 Å². The van der Waals surface area contributed by atoms with Crippen LogP contribution in [0.5, 0.6) is 0 Å². The number of esters is 1. The largest absolute Gasteiger partial charge is 0.573 e. The summed E-state index contributed by atoms with van der Waals surface area (Å²) in [5.74, 6) is -1.66. The summed E-state index contributed by atoms with van der Waals surface area (Å²) in [6.45, 7) is 1.66. The second-order valence-corrected chi connectivity index (χ2v) is 10.4. The summed E-state index contributed by atoms with van der Waals surface area (Å²) < 4.78 is 42.8. The molecule has 2 aromatic rings. The average molecular weight is 548 g/mol. The maximum Gasteiger partial charge on any atom is 0.573 e. The summed E-state index contributed by atoms with van der Waals surface area (Å²) >= 11 is 6.06. The summed E-state index contributed by atoms with van der Waals surface area (Å²) in [5.41, 5.74) is -1.30. The highest BCUT2D eigenvalue weighted by atomic mass is 35.5. The maximum atomic E-state index is 13.8. The number of carbonyl (C=O) groups excluding carboxylic acids is 1. The van der Waals surface area contributed by atoms with E-state index in [0.717, 1.165) is 16.3 Å². The number of hydrogen-bond acceptors (Lipinski definition) is 9. The molecule has 1 aromatic carbocycles. The fourth-order valence-corrected chi connectivity index (χ4v) is 5.56. The third kappa shape index (κ3) is 6.38. The molecule has 0 saturated carbocycles. The Balaban J connectivity index is 1.48. The molecular formula is C22H26ClFN2O9P+. The quantitative estimate of drug-likeness (QED) is 0.377. The van der Waals surface area contributed by atoms with Crippen LogP contribution in [0.15, 0.2) is 40.1 Å². The van der Waals surface area contributed by atoms with E-state index < -0.39 is 55.7 Å². The molecule has 0 amide bonds. The van der Waals surface area contributed by atoms with Gasteiger partial charge in [-0.25, -0.2) is 4.79 Å². The van der Waals surface area contributed by atoms with Gasteiger partial charge in [-0.2, -0.15) is 18.3 Å². The molecule has 0 aliphatic carbocycles. The number of aromatic amines is 1. The van der Waals surface area contributed by atoms with Crippen LogP contribution in [0.3, 0.4) is 0 Å². The molecule has 5 atom stereocenters. The molecule has 2 aliphatic rings. The molecule has 2 N–H and O–H groups in total. The Kier molecular flexibility index (Phi) is 8.56. The molecule has 0 radical (unpaired) electrons. The van der Waals surface area contributed by atoms with Gasteiger partial charge in [-0.05, 0) is 24.1 Å². The molecule has 196 valence electrons. The summed E-state index contributed by atoms with van der Waals surface area (Å²) in [4.78, 5) is 48.5. The molecule has 2 fully saturated rings. The molecule has 11 nitrogen and oxygen atoms in total.